The van der Waals surface area contributed by atoms with Crippen LogP contribution in [0, 0.1) is 0 Å². The summed E-state index contributed by atoms with van der Waals surface area (Å²) in [5.41, 5.74) is 4.37. The van der Waals surface area contributed by atoms with Crippen LogP contribution in [0.25, 0.3) is 5.65 Å². The second kappa shape index (κ2) is 6.66. The molecule has 3 aromatic rings. The number of anilines is 1. The summed E-state index contributed by atoms with van der Waals surface area (Å²) in [7, 11) is 1.88. The minimum absolute atomic E-state index is 0.161. The van der Waals surface area contributed by atoms with E-state index in [-0.39, 0.29) is 11.5 Å². The summed E-state index contributed by atoms with van der Waals surface area (Å²) in [6.45, 7) is 5.60. The van der Waals surface area contributed by atoms with Gasteiger partial charge in [0.05, 0.1) is 11.8 Å². The summed E-state index contributed by atoms with van der Waals surface area (Å²) in [5, 5.41) is 10.3. The Morgan fingerprint density at radius 2 is 2.00 bits per heavy atom. The van der Waals surface area contributed by atoms with E-state index in [1.807, 2.05) is 35.9 Å². The zero-order chi connectivity index (χ0) is 19.1. The highest BCUT2D eigenvalue weighted by atomic mass is 16.2. The standard InChI is InChI=1S/C20H23N5O2/c1-12(2)13-4-6-14(7-5-13)23-18(26)16-11-22-25-19(16)24(3)17-8-9-21-10-15(17)20(25)27/h4-7,11-12,21H,8-10H2,1-3H3,(H,23,26). The van der Waals surface area contributed by atoms with Crippen molar-refractivity contribution in [2.45, 2.75) is 32.7 Å². The molecule has 4 rings (SSSR count). The van der Waals surface area contributed by atoms with Crippen molar-refractivity contribution in [1.29, 1.82) is 0 Å². The minimum Gasteiger partial charge on any atom is -0.332 e. The fraction of sp³-hybridized carbons (Fsp3) is 0.350. The maximum Gasteiger partial charge on any atom is 0.279 e. The second-order valence-corrected chi connectivity index (χ2v) is 7.24. The molecule has 1 aliphatic rings. The molecule has 0 aliphatic carbocycles. The van der Waals surface area contributed by atoms with Gasteiger partial charge in [-0.3, -0.25) is 9.59 Å². The smallest absolute Gasteiger partial charge is 0.279 e. The van der Waals surface area contributed by atoms with Crippen LogP contribution in [0.2, 0.25) is 0 Å². The SMILES string of the molecule is CC(C)c1ccc(NC(=O)c2cnn3c(=O)c4c(n(C)c23)CCNC4)cc1. The molecule has 2 N–H and O–H groups in total. The lowest BCUT2D eigenvalue weighted by Gasteiger charge is -2.20. The predicted molar refractivity (Wildman–Crippen MR) is 104 cm³/mol. The Kier molecular flexibility index (Phi) is 4.31. The van der Waals surface area contributed by atoms with E-state index in [2.05, 4.69) is 29.6 Å². The first kappa shape index (κ1) is 17.5. The molecule has 0 saturated carbocycles. The van der Waals surface area contributed by atoms with Crippen LogP contribution >= 0.6 is 0 Å². The first-order chi connectivity index (χ1) is 13.0. The van der Waals surface area contributed by atoms with E-state index in [0.717, 1.165) is 29.9 Å². The topological polar surface area (TPSA) is 80.4 Å². The Morgan fingerprint density at radius 1 is 1.26 bits per heavy atom. The molecule has 140 valence electrons. The predicted octanol–water partition coefficient (Wildman–Crippen LogP) is 2.05. The van der Waals surface area contributed by atoms with Crippen molar-refractivity contribution in [3.8, 4) is 0 Å². The molecule has 7 nitrogen and oxygen atoms in total. The number of amides is 1. The summed E-state index contributed by atoms with van der Waals surface area (Å²) < 4.78 is 3.24. The summed E-state index contributed by atoms with van der Waals surface area (Å²) in [6.07, 6.45) is 2.22. The van der Waals surface area contributed by atoms with Crippen molar-refractivity contribution in [3.63, 3.8) is 0 Å². The van der Waals surface area contributed by atoms with Gasteiger partial charge in [-0.1, -0.05) is 26.0 Å². The van der Waals surface area contributed by atoms with E-state index in [1.165, 1.54) is 16.3 Å². The first-order valence-electron chi connectivity index (χ1n) is 9.18. The van der Waals surface area contributed by atoms with Crippen LogP contribution in [0.3, 0.4) is 0 Å². The maximum absolute atomic E-state index is 12.8. The van der Waals surface area contributed by atoms with Gasteiger partial charge in [0.15, 0.2) is 5.65 Å². The lowest BCUT2D eigenvalue weighted by atomic mass is 10.0. The molecule has 1 aromatic carbocycles. The molecule has 0 saturated heterocycles. The summed E-state index contributed by atoms with van der Waals surface area (Å²) >= 11 is 0. The highest BCUT2D eigenvalue weighted by Crippen LogP contribution is 2.20. The molecule has 27 heavy (non-hydrogen) atoms. The zero-order valence-corrected chi connectivity index (χ0v) is 15.7. The van der Waals surface area contributed by atoms with E-state index in [1.54, 1.807) is 0 Å². The van der Waals surface area contributed by atoms with Crippen molar-refractivity contribution in [1.82, 2.24) is 19.5 Å². The Hall–Kier alpha value is -2.93. The number of hydrogen-bond donors (Lipinski definition) is 2. The normalized spacial score (nSPS) is 13.8. The number of aryl methyl sites for hydroxylation is 1. The van der Waals surface area contributed by atoms with E-state index in [0.29, 0.717) is 23.7 Å². The van der Waals surface area contributed by atoms with Gasteiger partial charge in [-0.05, 0) is 23.6 Å². The lowest BCUT2D eigenvalue weighted by Crippen LogP contribution is -2.35. The van der Waals surface area contributed by atoms with Gasteiger partial charge in [-0.15, -0.1) is 0 Å². The van der Waals surface area contributed by atoms with E-state index >= 15 is 0 Å². The Balaban J connectivity index is 1.72. The van der Waals surface area contributed by atoms with Crippen molar-refractivity contribution >= 4 is 17.2 Å². The average molecular weight is 365 g/mol. The van der Waals surface area contributed by atoms with Crippen LogP contribution in [0.5, 0.6) is 0 Å². The van der Waals surface area contributed by atoms with Crippen LogP contribution in [0.1, 0.15) is 46.9 Å². The molecule has 7 heteroatoms. The number of nitrogens with zero attached hydrogens (tertiary/aromatic N) is 3. The quantitative estimate of drug-likeness (QED) is 0.744. The maximum atomic E-state index is 12.8. The van der Waals surface area contributed by atoms with Crippen molar-refractivity contribution in [3.05, 3.63) is 63.2 Å². The highest BCUT2D eigenvalue weighted by molar-refractivity contribution is 6.08. The summed E-state index contributed by atoms with van der Waals surface area (Å²) in [6, 6.07) is 7.81. The molecule has 0 atom stereocenters. The van der Waals surface area contributed by atoms with Gasteiger partial charge >= 0.3 is 0 Å². The second-order valence-electron chi connectivity index (χ2n) is 7.24. The first-order valence-corrected chi connectivity index (χ1v) is 9.18. The fourth-order valence-electron chi connectivity index (χ4n) is 3.62. The Bertz CT molecular complexity index is 1080. The number of hydrogen-bond acceptors (Lipinski definition) is 4. The molecule has 0 radical (unpaired) electrons. The molecular weight excluding hydrogens is 342 g/mol. The van der Waals surface area contributed by atoms with Gasteiger partial charge in [0.25, 0.3) is 11.5 Å². The lowest BCUT2D eigenvalue weighted by molar-refractivity contribution is 0.102. The van der Waals surface area contributed by atoms with Crippen molar-refractivity contribution in [2.75, 3.05) is 11.9 Å². The molecule has 2 aromatic heterocycles. The molecule has 1 aliphatic heterocycles. The van der Waals surface area contributed by atoms with E-state index < -0.39 is 0 Å². The minimum atomic E-state index is -0.272. The highest BCUT2D eigenvalue weighted by Gasteiger charge is 2.23. The Morgan fingerprint density at radius 3 is 2.70 bits per heavy atom. The van der Waals surface area contributed by atoms with E-state index in [4.69, 9.17) is 0 Å². The monoisotopic (exact) mass is 365 g/mol. The zero-order valence-electron chi connectivity index (χ0n) is 15.7. The fourth-order valence-corrected chi connectivity index (χ4v) is 3.62. The number of aromatic nitrogens is 3. The number of rotatable bonds is 3. The van der Waals surface area contributed by atoms with Gasteiger partial charge in [-0.2, -0.15) is 9.61 Å². The average Bonchev–Trinajstić information content (AvgIpc) is 3.12. The van der Waals surface area contributed by atoms with Gasteiger partial charge < -0.3 is 15.2 Å². The van der Waals surface area contributed by atoms with Crippen LogP contribution in [0.15, 0.2) is 35.3 Å². The third kappa shape index (κ3) is 2.94. The summed E-state index contributed by atoms with van der Waals surface area (Å²) in [4.78, 5) is 25.6. The van der Waals surface area contributed by atoms with Gasteiger partial charge in [0.1, 0.15) is 5.56 Å². The van der Waals surface area contributed by atoms with Crippen LogP contribution in [0.4, 0.5) is 5.69 Å². The number of carbonyl (C=O) groups excluding carboxylic acids is 1. The molecule has 0 unspecified atom stereocenters. The van der Waals surface area contributed by atoms with Crippen LogP contribution in [-0.2, 0) is 20.0 Å². The number of benzene rings is 1. The van der Waals surface area contributed by atoms with Crippen molar-refractivity contribution in [2.24, 2.45) is 7.05 Å². The van der Waals surface area contributed by atoms with Gasteiger partial charge in [-0.25, -0.2) is 0 Å². The number of fused-ring (bicyclic) bond motifs is 2. The van der Waals surface area contributed by atoms with Crippen molar-refractivity contribution < 1.29 is 4.79 Å². The third-order valence-electron chi connectivity index (χ3n) is 5.19. The number of carbonyl (C=O) groups is 1. The number of nitrogens with one attached hydrogen (secondary N) is 2. The molecule has 0 fully saturated rings. The molecule has 3 heterocycles. The summed E-state index contributed by atoms with van der Waals surface area (Å²) in [5.74, 6) is 0.163. The Labute approximate surface area is 157 Å². The van der Waals surface area contributed by atoms with Gasteiger partial charge in [0, 0.05) is 37.9 Å². The molecule has 1 amide bonds. The van der Waals surface area contributed by atoms with Crippen LogP contribution in [-0.4, -0.2) is 26.6 Å². The largest absolute Gasteiger partial charge is 0.332 e. The van der Waals surface area contributed by atoms with Gasteiger partial charge in [0.2, 0.25) is 0 Å². The molecule has 0 spiro atoms. The van der Waals surface area contributed by atoms with E-state index in [9.17, 15) is 9.59 Å². The molecular formula is C20H23N5O2. The van der Waals surface area contributed by atoms with Crippen LogP contribution < -0.4 is 16.2 Å². The molecule has 0 bridgehead atoms. The third-order valence-corrected chi connectivity index (χ3v) is 5.19.